The summed E-state index contributed by atoms with van der Waals surface area (Å²) in [6, 6.07) is 18.9. The molecule has 0 bridgehead atoms. The minimum atomic E-state index is -0.474. The molecule has 2 aliphatic heterocycles. The Balaban J connectivity index is 1.50. The Morgan fingerprint density at radius 1 is 1.09 bits per heavy atom. The van der Waals surface area contributed by atoms with Gasteiger partial charge < -0.3 is 14.4 Å². The Hall–Kier alpha value is -3.16. The standard InChI is InChI=1S/C26H22FNO4S/c27-21-9-3-1-6-18(21)15-28-22-14-17(26(30)32-16-19-7-5-13-31-19)11-12-24(22)33-23-10-4-2-8-20(23)25(28)29/h1-4,6,8-12,14,19H,5,7,13,15-16H2/t19-/m0/s1. The number of fused-ring (bicyclic) bond motifs is 2. The predicted octanol–water partition coefficient (Wildman–Crippen LogP) is 5.47. The normalized spacial score (nSPS) is 17.3. The van der Waals surface area contributed by atoms with E-state index in [4.69, 9.17) is 9.47 Å². The van der Waals surface area contributed by atoms with Gasteiger partial charge in [0.05, 0.1) is 29.5 Å². The largest absolute Gasteiger partial charge is 0.459 e. The smallest absolute Gasteiger partial charge is 0.338 e. The maximum Gasteiger partial charge on any atom is 0.338 e. The monoisotopic (exact) mass is 463 g/mol. The van der Waals surface area contributed by atoms with Gasteiger partial charge in [0.25, 0.3) is 5.91 Å². The van der Waals surface area contributed by atoms with Crippen molar-refractivity contribution in [2.75, 3.05) is 18.1 Å². The quantitative estimate of drug-likeness (QED) is 0.470. The molecule has 1 amide bonds. The predicted molar refractivity (Wildman–Crippen MR) is 123 cm³/mol. The van der Waals surface area contributed by atoms with Gasteiger partial charge in [-0.15, -0.1) is 0 Å². The van der Waals surface area contributed by atoms with Crippen molar-refractivity contribution < 1.29 is 23.5 Å². The van der Waals surface area contributed by atoms with Crippen molar-refractivity contribution in [1.82, 2.24) is 0 Å². The molecule has 5 rings (SSSR count). The molecule has 0 radical (unpaired) electrons. The van der Waals surface area contributed by atoms with Crippen molar-refractivity contribution in [3.05, 3.63) is 89.2 Å². The first-order valence-corrected chi connectivity index (χ1v) is 11.7. The molecule has 168 valence electrons. The van der Waals surface area contributed by atoms with Crippen molar-refractivity contribution in [2.45, 2.75) is 35.3 Å². The molecule has 0 aromatic heterocycles. The van der Waals surface area contributed by atoms with Crippen LogP contribution in [0, 0.1) is 5.82 Å². The number of hydrogen-bond donors (Lipinski definition) is 0. The average Bonchev–Trinajstić information content (AvgIpc) is 3.32. The van der Waals surface area contributed by atoms with Crippen LogP contribution >= 0.6 is 11.8 Å². The Kier molecular flexibility index (Phi) is 6.15. The van der Waals surface area contributed by atoms with Gasteiger partial charge in [-0.1, -0.05) is 42.1 Å². The third kappa shape index (κ3) is 4.51. The summed E-state index contributed by atoms with van der Waals surface area (Å²) in [5.41, 5.74) is 1.82. The lowest BCUT2D eigenvalue weighted by Gasteiger charge is -2.24. The number of hydrogen-bond acceptors (Lipinski definition) is 5. The molecule has 3 aromatic carbocycles. The molecule has 2 heterocycles. The first-order valence-electron chi connectivity index (χ1n) is 10.8. The lowest BCUT2D eigenvalue weighted by Crippen LogP contribution is -2.31. The van der Waals surface area contributed by atoms with Crippen molar-refractivity contribution in [2.24, 2.45) is 0 Å². The number of amides is 1. The number of benzene rings is 3. The molecule has 33 heavy (non-hydrogen) atoms. The summed E-state index contributed by atoms with van der Waals surface area (Å²) in [6.07, 6.45) is 1.77. The summed E-state index contributed by atoms with van der Waals surface area (Å²) in [4.78, 5) is 29.4. The van der Waals surface area contributed by atoms with E-state index in [0.29, 0.717) is 29.0 Å². The topological polar surface area (TPSA) is 55.8 Å². The van der Waals surface area contributed by atoms with Crippen LogP contribution in [0.2, 0.25) is 0 Å². The second kappa shape index (κ2) is 9.37. The van der Waals surface area contributed by atoms with E-state index in [1.165, 1.54) is 22.7 Å². The van der Waals surface area contributed by atoms with Gasteiger partial charge in [0.2, 0.25) is 0 Å². The lowest BCUT2D eigenvalue weighted by atomic mass is 10.1. The Labute approximate surface area is 195 Å². The summed E-state index contributed by atoms with van der Waals surface area (Å²) in [5.74, 6) is -1.10. The molecule has 0 N–H and O–H groups in total. The van der Waals surface area contributed by atoms with Crippen LogP contribution in [0.4, 0.5) is 10.1 Å². The van der Waals surface area contributed by atoms with Crippen LogP contribution in [0.25, 0.3) is 0 Å². The highest BCUT2D eigenvalue weighted by Crippen LogP contribution is 2.42. The maximum absolute atomic E-state index is 14.5. The molecular weight excluding hydrogens is 441 g/mol. The average molecular weight is 464 g/mol. The molecule has 0 aliphatic carbocycles. The fourth-order valence-corrected chi connectivity index (χ4v) is 5.09. The molecule has 3 aromatic rings. The second-order valence-corrected chi connectivity index (χ2v) is 9.08. The number of carbonyl (C=O) groups excluding carboxylic acids is 2. The van der Waals surface area contributed by atoms with E-state index in [0.717, 1.165) is 22.6 Å². The van der Waals surface area contributed by atoms with Crippen molar-refractivity contribution in [1.29, 1.82) is 0 Å². The fraction of sp³-hybridized carbons (Fsp3) is 0.231. The number of anilines is 1. The minimum Gasteiger partial charge on any atom is -0.459 e. The molecule has 2 aliphatic rings. The van der Waals surface area contributed by atoms with Crippen LogP contribution in [0.1, 0.15) is 39.1 Å². The van der Waals surface area contributed by atoms with Crippen LogP contribution < -0.4 is 4.90 Å². The Morgan fingerprint density at radius 3 is 2.73 bits per heavy atom. The van der Waals surface area contributed by atoms with E-state index in [1.54, 1.807) is 36.4 Å². The number of rotatable bonds is 5. The zero-order valence-electron chi connectivity index (χ0n) is 17.8. The van der Waals surface area contributed by atoms with E-state index in [9.17, 15) is 14.0 Å². The molecule has 0 saturated carbocycles. The fourth-order valence-electron chi connectivity index (χ4n) is 4.03. The Bertz CT molecular complexity index is 1210. The van der Waals surface area contributed by atoms with Crippen molar-refractivity contribution in [3.8, 4) is 0 Å². The van der Waals surface area contributed by atoms with Crippen molar-refractivity contribution >= 4 is 29.3 Å². The summed E-state index contributed by atoms with van der Waals surface area (Å²) in [6.45, 7) is 0.932. The van der Waals surface area contributed by atoms with E-state index < -0.39 is 5.97 Å². The lowest BCUT2D eigenvalue weighted by molar-refractivity contribution is 0.0161. The highest BCUT2D eigenvalue weighted by Gasteiger charge is 2.29. The number of esters is 1. The third-order valence-corrected chi connectivity index (χ3v) is 6.92. The number of nitrogens with zero attached hydrogens (tertiary/aromatic N) is 1. The van der Waals surface area contributed by atoms with Crippen LogP contribution in [0.15, 0.2) is 76.5 Å². The van der Waals surface area contributed by atoms with Gasteiger partial charge in [0.1, 0.15) is 12.4 Å². The minimum absolute atomic E-state index is 0.0435. The van der Waals surface area contributed by atoms with E-state index in [1.807, 2.05) is 24.3 Å². The van der Waals surface area contributed by atoms with E-state index in [-0.39, 0.29) is 31.0 Å². The molecule has 5 nitrogen and oxygen atoms in total. The van der Waals surface area contributed by atoms with Gasteiger partial charge in [-0.2, -0.15) is 0 Å². The van der Waals surface area contributed by atoms with Gasteiger partial charge in [-0.05, 0) is 49.2 Å². The number of ether oxygens (including phenoxy) is 2. The van der Waals surface area contributed by atoms with Crippen LogP contribution in [0.5, 0.6) is 0 Å². The van der Waals surface area contributed by atoms with Gasteiger partial charge in [-0.25, -0.2) is 9.18 Å². The van der Waals surface area contributed by atoms with Crippen LogP contribution in [0.3, 0.4) is 0 Å². The van der Waals surface area contributed by atoms with Crippen molar-refractivity contribution in [3.63, 3.8) is 0 Å². The first kappa shape index (κ1) is 21.7. The molecule has 0 spiro atoms. The molecule has 1 saturated heterocycles. The number of halogens is 1. The molecule has 7 heteroatoms. The second-order valence-electron chi connectivity index (χ2n) is 8.00. The SMILES string of the molecule is O=C(OC[C@@H]1CCCO1)c1ccc2c(c1)N(Cc1ccccc1F)C(=O)c1ccccc1S2. The third-order valence-electron chi connectivity index (χ3n) is 5.78. The summed E-state index contributed by atoms with van der Waals surface area (Å²) in [7, 11) is 0. The van der Waals surface area contributed by atoms with Gasteiger partial charge in [0, 0.05) is 22.0 Å². The summed E-state index contributed by atoms with van der Waals surface area (Å²) < 4.78 is 25.5. The highest BCUT2D eigenvalue weighted by molar-refractivity contribution is 7.99. The van der Waals surface area contributed by atoms with E-state index >= 15 is 0 Å². The molecular formula is C26H22FNO4S. The Morgan fingerprint density at radius 2 is 1.91 bits per heavy atom. The van der Waals surface area contributed by atoms with Gasteiger partial charge >= 0.3 is 5.97 Å². The summed E-state index contributed by atoms with van der Waals surface area (Å²) in [5, 5.41) is 0. The highest BCUT2D eigenvalue weighted by atomic mass is 32.2. The van der Waals surface area contributed by atoms with Gasteiger partial charge in [0.15, 0.2) is 0 Å². The maximum atomic E-state index is 14.5. The zero-order chi connectivity index (χ0) is 22.8. The van der Waals surface area contributed by atoms with Gasteiger partial charge in [-0.3, -0.25) is 4.79 Å². The van der Waals surface area contributed by atoms with E-state index in [2.05, 4.69) is 0 Å². The molecule has 1 atom stereocenters. The summed E-state index contributed by atoms with van der Waals surface area (Å²) >= 11 is 1.45. The first-order chi connectivity index (χ1) is 16.1. The van der Waals surface area contributed by atoms with Crippen LogP contribution in [-0.4, -0.2) is 31.2 Å². The molecule has 0 unspecified atom stereocenters. The van der Waals surface area contributed by atoms with Crippen LogP contribution in [-0.2, 0) is 16.0 Å². The zero-order valence-corrected chi connectivity index (χ0v) is 18.6. The number of carbonyl (C=O) groups is 2. The molecule has 1 fully saturated rings.